The number of pyridine rings is 1. The summed E-state index contributed by atoms with van der Waals surface area (Å²) in [5.41, 5.74) is 2.89. The summed E-state index contributed by atoms with van der Waals surface area (Å²) in [4.78, 5) is 19.3. The summed E-state index contributed by atoms with van der Waals surface area (Å²) in [5.74, 6) is -0.0322. The lowest BCUT2D eigenvalue weighted by atomic mass is 10.0. The Hall–Kier alpha value is -3.14. The van der Waals surface area contributed by atoms with Crippen molar-refractivity contribution >= 4 is 11.6 Å². The minimum atomic E-state index is -0.264. The molecule has 0 bridgehead atoms. The number of nitrogens with zero attached hydrogens (tertiary/aromatic N) is 2. The molecule has 1 amide bonds. The van der Waals surface area contributed by atoms with E-state index in [9.17, 15) is 4.79 Å². The Morgan fingerprint density at radius 1 is 0.962 bits per heavy atom. The van der Waals surface area contributed by atoms with Crippen molar-refractivity contribution in [2.45, 2.75) is 13.0 Å². The maximum Gasteiger partial charge on any atom is 0.240 e. The summed E-state index contributed by atoms with van der Waals surface area (Å²) < 4.78 is 0. The first-order valence-corrected chi connectivity index (χ1v) is 8.83. The zero-order valence-corrected chi connectivity index (χ0v) is 14.9. The predicted molar refractivity (Wildman–Crippen MR) is 105 cm³/mol. The van der Waals surface area contributed by atoms with Gasteiger partial charge < -0.3 is 10.2 Å². The van der Waals surface area contributed by atoms with E-state index in [1.807, 2.05) is 85.8 Å². The second kappa shape index (κ2) is 8.81. The highest BCUT2D eigenvalue weighted by atomic mass is 16.2. The third-order valence-electron chi connectivity index (χ3n) is 4.26. The van der Waals surface area contributed by atoms with E-state index in [4.69, 9.17) is 0 Å². The van der Waals surface area contributed by atoms with E-state index in [1.54, 1.807) is 6.20 Å². The third kappa shape index (κ3) is 4.48. The van der Waals surface area contributed by atoms with Crippen LogP contribution in [-0.4, -0.2) is 24.0 Å². The fourth-order valence-electron chi connectivity index (χ4n) is 2.92. The number of aromatic nitrogens is 1. The molecule has 132 valence electrons. The Balaban J connectivity index is 1.77. The Kier molecular flexibility index (Phi) is 5.99. The number of benzene rings is 2. The fraction of sp³-hybridized carbons (Fsp3) is 0.182. The topological polar surface area (TPSA) is 45.2 Å². The Morgan fingerprint density at radius 2 is 1.62 bits per heavy atom. The first-order valence-electron chi connectivity index (χ1n) is 8.83. The highest BCUT2D eigenvalue weighted by Crippen LogP contribution is 2.20. The predicted octanol–water partition coefficient (Wildman–Crippen LogP) is 3.81. The molecule has 0 radical (unpaired) electrons. The van der Waals surface area contributed by atoms with Crippen LogP contribution in [0.15, 0.2) is 85.1 Å². The molecule has 0 spiro atoms. The summed E-state index contributed by atoms with van der Waals surface area (Å²) in [6, 6.07) is 25.4. The largest absolute Gasteiger partial charge is 0.363 e. The van der Waals surface area contributed by atoms with Crippen LogP contribution in [-0.2, 0) is 4.79 Å². The van der Waals surface area contributed by atoms with Crippen molar-refractivity contribution in [3.8, 4) is 0 Å². The molecule has 1 N–H and O–H groups in total. The number of amides is 1. The molecule has 1 aromatic heterocycles. The molecule has 26 heavy (non-hydrogen) atoms. The van der Waals surface area contributed by atoms with Gasteiger partial charge in [0.15, 0.2) is 0 Å². The van der Waals surface area contributed by atoms with Crippen molar-refractivity contribution in [3.05, 3.63) is 96.3 Å². The van der Waals surface area contributed by atoms with Crippen LogP contribution >= 0.6 is 0 Å². The van der Waals surface area contributed by atoms with Gasteiger partial charge in [0.1, 0.15) is 0 Å². The van der Waals surface area contributed by atoms with Gasteiger partial charge in [-0.3, -0.25) is 9.78 Å². The zero-order chi connectivity index (χ0) is 18.2. The van der Waals surface area contributed by atoms with Crippen LogP contribution in [0.3, 0.4) is 0 Å². The molecule has 0 aliphatic rings. The van der Waals surface area contributed by atoms with Gasteiger partial charge in [0.25, 0.3) is 0 Å². The third-order valence-corrected chi connectivity index (χ3v) is 4.26. The second-order valence-corrected chi connectivity index (χ2v) is 6.02. The average molecular weight is 345 g/mol. The lowest BCUT2D eigenvalue weighted by Crippen LogP contribution is -2.39. The normalized spacial score (nSPS) is 11.6. The first-order chi connectivity index (χ1) is 12.8. The molecule has 3 rings (SSSR count). The van der Waals surface area contributed by atoms with E-state index in [-0.39, 0.29) is 11.9 Å². The van der Waals surface area contributed by atoms with Crippen LogP contribution in [0.5, 0.6) is 0 Å². The van der Waals surface area contributed by atoms with Crippen molar-refractivity contribution in [2.75, 3.05) is 18.0 Å². The lowest BCUT2D eigenvalue weighted by Gasteiger charge is -2.25. The van der Waals surface area contributed by atoms with Crippen LogP contribution < -0.4 is 10.2 Å². The van der Waals surface area contributed by atoms with Gasteiger partial charge in [-0.1, -0.05) is 54.6 Å². The maximum absolute atomic E-state index is 12.8. The van der Waals surface area contributed by atoms with Gasteiger partial charge in [0, 0.05) is 18.4 Å². The number of rotatable bonds is 7. The van der Waals surface area contributed by atoms with Gasteiger partial charge in [-0.25, -0.2) is 0 Å². The SMILES string of the molecule is CCN(CC(=O)NC(c1ccccc1)c1ccccn1)c1ccccc1. The fourth-order valence-corrected chi connectivity index (χ4v) is 2.92. The number of para-hydroxylation sites is 1. The van der Waals surface area contributed by atoms with E-state index >= 15 is 0 Å². The summed E-state index contributed by atoms with van der Waals surface area (Å²) in [6.45, 7) is 3.11. The number of hydrogen-bond donors (Lipinski definition) is 1. The van der Waals surface area contributed by atoms with E-state index in [1.165, 1.54) is 0 Å². The molecule has 0 aliphatic heterocycles. The quantitative estimate of drug-likeness (QED) is 0.708. The van der Waals surface area contributed by atoms with Crippen LogP contribution in [0.1, 0.15) is 24.2 Å². The standard InChI is InChI=1S/C22H23N3O/c1-2-25(19-13-7-4-8-14-19)17-21(26)24-22(18-11-5-3-6-12-18)20-15-9-10-16-23-20/h3-16,22H,2,17H2,1H3,(H,24,26). The van der Waals surface area contributed by atoms with Crippen molar-refractivity contribution in [1.82, 2.24) is 10.3 Å². The van der Waals surface area contributed by atoms with E-state index < -0.39 is 0 Å². The van der Waals surface area contributed by atoms with Crippen molar-refractivity contribution in [2.24, 2.45) is 0 Å². The summed E-state index contributed by atoms with van der Waals surface area (Å²) in [6.07, 6.45) is 1.75. The summed E-state index contributed by atoms with van der Waals surface area (Å²) >= 11 is 0. The van der Waals surface area contributed by atoms with Crippen molar-refractivity contribution in [3.63, 3.8) is 0 Å². The van der Waals surface area contributed by atoms with Crippen LogP contribution in [0, 0.1) is 0 Å². The Bertz CT molecular complexity index is 767. The molecule has 1 heterocycles. The highest BCUT2D eigenvalue weighted by Gasteiger charge is 2.19. The van der Waals surface area contributed by atoms with Gasteiger partial charge in [-0.2, -0.15) is 0 Å². The van der Waals surface area contributed by atoms with Gasteiger partial charge in [-0.05, 0) is 36.8 Å². The molecular formula is C22H23N3O. The van der Waals surface area contributed by atoms with Gasteiger partial charge >= 0.3 is 0 Å². The number of nitrogens with one attached hydrogen (secondary N) is 1. The smallest absolute Gasteiger partial charge is 0.240 e. The number of anilines is 1. The second-order valence-electron chi connectivity index (χ2n) is 6.02. The van der Waals surface area contributed by atoms with Gasteiger partial charge in [0.05, 0.1) is 18.3 Å². The Morgan fingerprint density at radius 3 is 2.23 bits per heavy atom. The van der Waals surface area contributed by atoms with Crippen molar-refractivity contribution < 1.29 is 4.79 Å². The number of hydrogen-bond acceptors (Lipinski definition) is 3. The molecule has 0 saturated carbocycles. The van der Waals surface area contributed by atoms with Gasteiger partial charge in [-0.15, -0.1) is 0 Å². The number of likely N-dealkylation sites (N-methyl/N-ethyl adjacent to an activating group) is 1. The van der Waals surface area contributed by atoms with Crippen LogP contribution in [0.4, 0.5) is 5.69 Å². The van der Waals surface area contributed by atoms with Gasteiger partial charge in [0.2, 0.25) is 5.91 Å². The molecule has 3 aromatic rings. The van der Waals surface area contributed by atoms with Crippen LogP contribution in [0.2, 0.25) is 0 Å². The summed E-state index contributed by atoms with van der Waals surface area (Å²) in [7, 11) is 0. The molecule has 4 heteroatoms. The number of carbonyl (C=O) groups is 1. The van der Waals surface area contributed by atoms with Crippen LogP contribution in [0.25, 0.3) is 0 Å². The number of carbonyl (C=O) groups excluding carboxylic acids is 1. The molecule has 4 nitrogen and oxygen atoms in total. The minimum absolute atomic E-state index is 0.0322. The monoisotopic (exact) mass is 345 g/mol. The molecule has 0 fully saturated rings. The zero-order valence-electron chi connectivity index (χ0n) is 14.9. The molecule has 1 unspecified atom stereocenters. The van der Waals surface area contributed by atoms with E-state index in [0.717, 1.165) is 23.5 Å². The highest BCUT2D eigenvalue weighted by molar-refractivity contribution is 5.82. The summed E-state index contributed by atoms with van der Waals surface area (Å²) in [5, 5.41) is 3.14. The van der Waals surface area contributed by atoms with Crippen molar-refractivity contribution in [1.29, 1.82) is 0 Å². The van der Waals surface area contributed by atoms with E-state index in [2.05, 4.69) is 15.2 Å². The molecule has 0 saturated heterocycles. The minimum Gasteiger partial charge on any atom is -0.363 e. The molecule has 0 aliphatic carbocycles. The lowest BCUT2D eigenvalue weighted by molar-refractivity contribution is -0.120. The molecular weight excluding hydrogens is 322 g/mol. The van der Waals surface area contributed by atoms with E-state index in [0.29, 0.717) is 6.54 Å². The average Bonchev–Trinajstić information content (AvgIpc) is 2.72. The Labute approximate surface area is 154 Å². The first kappa shape index (κ1) is 17.7. The maximum atomic E-state index is 12.8. The molecule has 2 aromatic carbocycles. The molecule has 1 atom stereocenters.